The first-order valence-electron chi connectivity index (χ1n) is 14.7. The zero-order valence-electron chi connectivity index (χ0n) is 24.0. The molecule has 0 aliphatic carbocycles. The van der Waals surface area contributed by atoms with Crippen LogP contribution >= 0.6 is 39.3 Å². The largest absolute Gasteiger partial charge is 0.379 e. The van der Waals surface area contributed by atoms with Crippen LogP contribution in [-0.4, -0.2) is 70.7 Å². The number of benzene rings is 3. The zero-order valence-corrected chi connectivity index (χ0v) is 27.2. The molecule has 0 bridgehead atoms. The van der Waals surface area contributed by atoms with Gasteiger partial charge in [0, 0.05) is 63.2 Å². The van der Waals surface area contributed by atoms with E-state index in [-0.39, 0.29) is 24.1 Å². The first kappa shape index (κ1) is 31.1. The summed E-state index contributed by atoms with van der Waals surface area (Å²) in [5.41, 5.74) is 2.60. The van der Waals surface area contributed by atoms with Gasteiger partial charge in [-0.2, -0.15) is 0 Å². The maximum absolute atomic E-state index is 14.5. The van der Waals surface area contributed by atoms with Crippen molar-refractivity contribution in [2.45, 2.75) is 35.1 Å². The van der Waals surface area contributed by atoms with Crippen LogP contribution in [0.4, 0.5) is 4.39 Å². The number of H-pyrrole nitrogens is 1. The molecule has 3 aromatic carbocycles. The van der Waals surface area contributed by atoms with Crippen LogP contribution in [0.1, 0.15) is 30.0 Å². The number of carbonyl (C=O) groups excluding carboxylic acids is 2. The molecule has 230 valence electrons. The van der Waals surface area contributed by atoms with E-state index in [9.17, 15) is 14.0 Å². The monoisotopic (exact) mass is 698 g/mol. The summed E-state index contributed by atoms with van der Waals surface area (Å²) in [6.07, 6.45) is 2.64. The molecule has 0 spiro atoms. The van der Waals surface area contributed by atoms with Gasteiger partial charge in [-0.15, -0.1) is 11.8 Å². The van der Waals surface area contributed by atoms with E-state index in [0.717, 1.165) is 65.8 Å². The van der Waals surface area contributed by atoms with Gasteiger partial charge < -0.3 is 19.9 Å². The first-order valence-corrected chi connectivity index (χ1v) is 16.6. The Balaban J connectivity index is 1.39. The summed E-state index contributed by atoms with van der Waals surface area (Å²) in [6, 6.07) is 18.9. The molecule has 11 heteroatoms. The van der Waals surface area contributed by atoms with E-state index in [1.165, 1.54) is 23.9 Å². The quantitative estimate of drug-likeness (QED) is 0.183. The van der Waals surface area contributed by atoms with Crippen LogP contribution in [0.2, 0.25) is 5.02 Å². The molecule has 0 saturated carbocycles. The molecule has 6 rings (SSSR count). The van der Waals surface area contributed by atoms with Crippen LogP contribution in [0.15, 0.2) is 82.3 Å². The summed E-state index contributed by atoms with van der Waals surface area (Å²) in [5, 5.41) is 4.67. The molecule has 2 atom stereocenters. The molecule has 2 N–H and O–H groups in total. The summed E-state index contributed by atoms with van der Waals surface area (Å²) < 4.78 is 19.1. The second kappa shape index (κ2) is 13.6. The lowest BCUT2D eigenvalue weighted by Crippen LogP contribution is -2.48. The van der Waals surface area contributed by atoms with Gasteiger partial charge in [0.1, 0.15) is 10.6 Å². The number of fused-ring (bicyclic) bond motifs is 1. The van der Waals surface area contributed by atoms with E-state index >= 15 is 0 Å². The Bertz CT molecular complexity index is 1630. The van der Waals surface area contributed by atoms with Gasteiger partial charge in [-0.05, 0) is 67.1 Å². The summed E-state index contributed by atoms with van der Waals surface area (Å²) in [6.45, 7) is 4.85. The molecule has 2 unspecified atom stereocenters. The van der Waals surface area contributed by atoms with E-state index in [1.807, 2.05) is 53.6 Å². The second-order valence-corrected chi connectivity index (χ2v) is 13.9. The van der Waals surface area contributed by atoms with Crippen LogP contribution in [-0.2, 0) is 20.9 Å². The summed E-state index contributed by atoms with van der Waals surface area (Å²) in [4.78, 5) is 36.7. The Labute approximate surface area is 273 Å². The molecular weight excluding hydrogens is 667 g/mol. The Morgan fingerprint density at radius 2 is 1.86 bits per heavy atom. The highest BCUT2D eigenvalue weighted by Crippen LogP contribution is 2.54. The number of ether oxygens (including phenoxy) is 1. The van der Waals surface area contributed by atoms with E-state index in [0.29, 0.717) is 23.0 Å². The highest BCUT2D eigenvalue weighted by molar-refractivity contribution is 9.10. The van der Waals surface area contributed by atoms with Crippen molar-refractivity contribution in [3.8, 4) is 0 Å². The molecule has 1 aromatic heterocycles. The van der Waals surface area contributed by atoms with Crippen LogP contribution in [0.3, 0.4) is 0 Å². The van der Waals surface area contributed by atoms with Crippen LogP contribution in [0.5, 0.6) is 0 Å². The number of likely N-dealkylation sites (tertiary alicyclic amines) is 1. The van der Waals surface area contributed by atoms with Gasteiger partial charge in [-0.1, -0.05) is 45.7 Å². The number of nitrogens with zero attached hydrogens (tertiary/aromatic N) is 2. The third-order valence-corrected chi connectivity index (χ3v) is 10.5. The summed E-state index contributed by atoms with van der Waals surface area (Å²) in [7, 11) is 0. The fourth-order valence-corrected chi connectivity index (χ4v) is 7.94. The van der Waals surface area contributed by atoms with Crippen molar-refractivity contribution in [1.29, 1.82) is 0 Å². The van der Waals surface area contributed by atoms with E-state index in [4.69, 9.17) is 16.3 Å². The van der Waals surface area contributed by atoms with Crippen molar-refractivity contribution < 1.29 is 18.7 Å². The molecule has 2 fully saturated rings. The molecule has 2 aliphatic heterocycles. The molecule has 44 heavy (non-hydrogen) atoms. The fourth-order valence-electron chi connectivity index (χ4n) is 6.09. The topological polar surface area (TPSA) is 77.7 Å². The number of rotatable bonds is 10. The lowest BCUT2D eigenvalue weighted by Gasteiger charge is -2.36. The average Bonchev–Trinajstić information content (AvgIpc) is 3.55. The first-order chi connectivity index (χ1) is 21.3. The lowest BCUT2D eigenvalue weighted by atomic mass is 9.91. The minimum absolute atomic E-state index is 0.00814. The van der Waals surface area contributed by atoms with Crippen molar-refractivity contribution in [3.05, 3.63) is 99.4 Å². The summed E-state index contributed by atoms with van der Waals surface area (Å²) >= 11 is 11.1. The number of nitrogens with one attached hydrogen (secondary N) is 2. The molecule has 4 aromatic rings. The van der Waals surface area contributed by atoms with E-state index in [2.05, 4.69) is 31.1 Å². The van der Waals surface area contributed by atoms with Gasteiger partial charge in [0.2, 0.25) is 11.8 Å². The zero-order chi connectivity index (χ0) is 30.7. The van der Waals surface area contributed by atoms with Crippen molar-refractivity contribution in [2.24, 2.45) is 0 Å². The number of morpholine rings is 1. The minimum Gasteiger partial charge on any atom is -0.379 e. The number of thioether (sulfide) groups is 1. The molecule has 7 nitrogen and oxygen atoms in total. The number of hydrogen-bond donors (Lipinski definition) is 2. The average molecular weight is 700 g/mol. The second-order valence-electron chi connectivity index (χ2n) is 11.2. The van der Waals surface area contributed by atoms with Crippen molar-refractivity contribution >= 4 is 62.0 Å². The number of aromatic amines is 1. The molecule has 0 radical (unpaired) electrons. The Kier molecular flexibility index (Phi) is 9.63. The highest BCUT2D eigenvalue weighted by Gasteiger charge is 2.58. The Morgan fingerprint density at radius 1 is 1.11 bits per heavy atom. The molecule has 2 aliphatic rings. The van der Waals surface area contributed by atoms with Gasteiger partial charge in [0.25, 0.3) is 0 Å². The van der Waals surface area contributed by atoms with Gasteiger partial charge in [-0.25, -0.2) is 4.39 Å². The minimum atomic E-state index is -1.22. The van der Waals surface area contributed by atoms with E-state index in [1.54, 1.807) is 12.1 Å². The van der Waals surface area contributed by atoms with Crippen LogP contribution in [0.25, 0.3) is 10.9 Å². The molecule has 2 amide bonds. The molecule has 3 heterocycles. The molecule has 2 saturated heterocycles. The van der Waals surface area contributed by atoms with E-state index < -0.39 is 10.8 Å². The number of amides is 2. The van der Waals surface area contributed by atoms with Gasteiger partial charge >= 0.3 is 0 Å². The van der Waals surface area contributed by atoms with Gasteiger partial charge in [0.05, 0.1) is 25.7 Å². The lowest BCUT2D eigenvalue weighted by molar-refractivity contribution is -0.129. The molecular formula is C33H33BrClFN4O3S. The van der Waals surface area contributed by atoms with Crippen molar-refractivity contribution in [1.82, 2.24) is 20.1 Å². The SMILES string of the molecule is O=C1CC(Sc2ccc(F)cc2)(C(=O)NCCCN2CCOCC2)C(c2c[nH]c3cc(Cl)ccc23)N1Cc1ccc(Br)cc1. The fraction of sp³-hybridized carbons (Fsp3) is 0.333. The predicted octanol–water partition coefficient (Wildman–Crippen LogP) is 6.57. The van der Waals surface area contributed by atoms with Crippen molar-refractivity contribution in [3.63, 3.8) is 0 Å². The smallest absolute Gasteiger partial charge is 0.239 e. The Morgan fingerprint density at radius 3 is 2.61 bits per heavy atom. The normalized spacial score (nSPS) is 20.8. The number of carbonyl (C=O) groups is 2. The number of halogens is 3. The third kappa shape index (κ3) is 6.70. The number of hydrogen-bond acceptors (Lipinski definition) is 5. The van der Waals surface area contributed by atoms with Crippen LogP contribution < -0.4 is 5.32 Å². The standard InChI is InChI=1S/C33H33BrClFN4O3S/c34-23-4-2-22(3-5-23)21-40-30(41)19-33(44-26-9-7-25(36)8-10-26,32(42)37-12-1-13-39-14-16-43-17-15-39)31(40)28-20-38-29-18-24(35)6-11-27(28)29/h2-11,18,20,31,38H,1,12-17,19,21H2,(H,37,42). The Hall–Kier alpha value is -2.89. The van der Waals surface area contributed by atoms with Crippen LogP contribution in [0, 0.1) is 5.82 Å². The van der Waals surface area contributed by atoms with Gasteiger partial charge in [-0.3, -0.25) is 14.5 Å². The van der Waals surface area contributed by atoms with Crippen molar-refractivity contribution in [2.75, 3.05) is 39.4 Å². The summed E-state index contributed by atoms with van der Waals surface area (Å²) in [5.74, 6) is -0.700. The number of aromatic nitrogens is 1. The van der Waals surface area contributed by atoms with Gasteiger partial charge in [0.15, 0.2) is 0 Å². The highest BCUT2D eigenvalue weighted by atomic mass is 79.9. The maximum atomic E-state index is 14.5. The maximum Gasteiger partial charge on any atom is 0.239 e. The predicted molar refractivity (Wildman–Crippen MR) is 175 cm³/mol. The third-order valence-electron chi connectivity index (χ3n) is 8.26.